The molecule has 8 aromatic carbocycles. The first-order valence-electron chi connectivity index (χ1n) is 20.0. The van der Waals surface area contributed by atoms with Gasteiger partial charge in [-0.3, -0.25) is 0 Å². The van der Waals surface area contributed by atoms with Crippen molar-refractivity contribution in [3.05, 3.63) is 234 Å². The molecular weight excluding hydrogens is 691 g/mol. The summed E-state index contributed by atoms with van der Waals surface area (Å²) in [5.41, 5.74) is 18.6. The summed E-state index contributed by atoms with van der Waals surface area (Å²) in [5, 5.41) is 2.31. The van der Waals surface area contributed by atoms with E-state index in [9.17, 15) is 0 Å². The first-order chi connectivity index (χ1) is 28.3. The van der Waals surface area contributed by atoms with Crippen LogP contribution < -0.4 is 4.90 Å². The third-order valence-corrected chi connectivity index (χ3v) is 12.6. The van der Waals surface area contributed by atoms with E-state index in [0.717, 1.165) is 45.4 Å². The van der Waals surface area contributed by atoms with Gasteiger partial charge in [-0.2, -0.15) is 0 Å². The molecule has 0 radical (unpaired) electrons. The summed E-state index contributed by atoms with van der Waals surface area (Å²) < 4.78 is 6.79. The summed E-state index contributed by atoms with van der Waals surface area (Å²) in [6.45, 7) is 0. The van der Waals surface area contributed by atoms with E-state index in [4.69, 9.17) is 4.42 Å². The quantitative estimate of drug-likeness (QED) is 0.175. The van der Waals surface area contributed by atoms with Crippen molar-refractivity contribution in [2.45, 2.75) is 17.8 Å². The van der Waals surface area contributed by atoms with E-state index in [-0.39, 0.29) is 0 Å². The van der Waals surface area contributed by atoms with Crippen molar-refractivity contribution in [2.24, 2.45) is 0 Å². The minimum Gasteiger partial charge on any atom is -0.455 e. The molecule has 2 nitrogen and oxygen atoms in total. The third kappa shape index (κ3) is 4.59. The smallest absolute Gasteiger partial charge is 0.143 e. The van der Waals surface area contributed by atoms with Crippen LogP contribution in [0.5, 0.6) is 0 Å². The number of benzene rings is 8. The van der Waals surface area contributed by atoms with E-state index in [2.05, 4.69) is 211 Å². The van der Waals surface area contributed by atoms with Gasteiger partial charge in [0.2, 0.25) is 0 Å². The largest absolute Gasteiger partial charge is 0.455 e. The maximum absolute atomic E-state index is 6.79. The second-order valence-corrected chi connectivity index (χ2v) is 15.5. The standard InChI is InChI=1S/C55H37NO/c1-3-14-36(15-4-1)38-26-30-40(31-27-38)56(41-32-28-39(29-33-41)37-16-5-2-6-17-37)50-24-13-23-48-52(50)44-19-7-10-21-46(44)55(48)47-22-11-8-20-45(47)53-49(55)35-34-43-42-18-9-12-25-51(42)57-54(43)53/h1-16,18-35,37H,17H2. The predicted octanol–water partition coefficient (Wildman–Crippen LogP) is 14.7. The minimum atomic E-state index is -0.519. The summed E-state index contributed by atoms with van der Waals surface area (Å²) >= 11 is 0. The molecule has 2 atom stereocenters. The summed E-state index contributed by atoms with van der Waals surface area (Å²) in [6.07, 6.45) is 9.91. The molecule has 1 aromatic heterocycles. The molecule has 2 unspecified atom stereocenters. The second kappa shape index (κ2) is 12.4. The van der Waals surface area contributed by atoms with Crippen LogP contribution in [0.1, 0.15) is 40.2 Å². The third-order valence-electron chi connectivity index (χ3n) is 12.6. The molecule has 0 amide bonds. The molecule has 0 aliphatic heterocycles. The zero-order valence-electron chi connectivity index (χ0n) is 31.3. The molecule has 3 aliphatic carbocycles. The molecule has 0 N–H and O–H groups in total. The number of nitrogens with zero attached hydrogens (tertiary/aromatic N) is 1. The Labute approximate surface area is 332 Å². The zero-order chi connectivity index (χ0) is 37.5. The Morgan fingerprint density at radius 3 is 1.86 bits per heavy atom. The number of allylic oxidation sites excluding steroid dienone is 4. The lowest BCUT2D eigenvalue weighted by atomic mass is 9.70. The number of hydrogen-bond donors (Lipinski definition) is 0. The Balaban J connectivity index is 1.11. The van der Waals surface area contributed by atoms with Crippen LogP contribution in [0.4, 0.5) is 17.1 Å². The van der Waals surface area contributed by atoms with Crippen LogP contribution >= 0.6 is 0 Å². The highest BCUT2D eigenvalue weighted by Gasteiger charge is 2.53. The van der Waals surface area contributed by atoms with Crippen molar-refractivity contribution in [1.29, 1.82) is 0 Å². The predicted molar refractivity (Wildman–Crippen MR) is 236 cm³/mol. The lowest BCUT2D eigenvalue weighted by Gasteiger charge is -2.32. The molecule has 9 aromatic rings. The van der Waals surface area contributed by atoms with Crippen LogP contribution in [0.2, 0.25) is 0 Å². The molecule has 0 saturated heterocycles. The van der Waals surface area contributed by atoms with Crippen LogP contribution in [0, 0.1) is 0 Å². The zero-order valence-corrected chi connectivity index (χ0v) is 31.3. The van der Waals surface area contributed by atoms with E-state index in [1.807, 2.05) is 0 Å². The molecule has 0 bridgehead atoms. The molecule has 12 rings (SSSR count). The molecule has 57 heavy (non-hydrogen) atoms. The van der Waals surface area contributed by atoms with Gasteiger partial charge in [-0.1, -0.05) is 170 Å². The molecule has 268 valence electrons. The molecule has 3 aliphatic rings. The number of para-hydroxylation sites is 1. The van der Waals surface area contributed by atoms with Crippen molar-refractivity contribution in [2.75, 3.05) is 4.90 Å². The topological polar surface area (TPSA) is 16.4 Å². The van der Waals surface area contributed by atoms with Gasteiger partial charge in [-0.15, -0.1) is 0 Å². The molecule has 2 heteroatoms. The van der Waals surface area contributed by atoms with Crippen molar-refractivity contribution >= 4 is 39.0 Å². The monoisotopic (exact) mass is 727 g/mol. The van der Waals surface area contributed by atoms with Crippen LogP contribution in [-0.2, 0) is 5.41 Å². The van der Waals surface area contributed by atoms with E-state index < -0.39 is 5.41 Å². The highest BCUT2D eigenvalue weighted by atomic mass is 16.3. The van der Waals surface area contributed by atoms with Crippen LogP contribution in [0.3, 0.4) is 0 Å². The Morgan fingerprint density at radius 2 is 1.11 bits per heavy atom. The average Bonchev–Trinajstić information content (AvgIpc) is 3.92. The highest BCUT2D eigenvalue weighted by molar-refractivity contribution is 6.13. The van der Waals surface area contributed by atoms with Gasteiger partial charge in [0.05, 0.1) is 11.1 Å². The maximum Gasteiger partial charge on any atom is 0.143 e. The minimum absolute atomic E-state index is 0.385. The summed E-state index contributed by atoms with van der Waals surface area (Å²) in [5.74, 6) is 0.385. The molecular formula is C55H37NO. The van der Waals surface area contributed by atoms with Crippen LogP contribution in [-0.4, -0.2) is 0 Å². The number of furan rings is 1. The number of rotatable bonds is 5. The number of fused-ring (bicyclic) bond motifs is 14. The molecule has 0 fully saturated rings. The van der Waals surface area contributed by atoms with Gasteiger partial charge in [0.1, 0.15) is 11.2 Å². The molecule has 1 spiro atoms. The highest BCUT2D eigenvalue weighted by Crippen LogP contribution is 2.65. The fourth-order valence-corrected chi connectivity index (χ4v) is 10.2. The number of anilines is 3. The summed E-state index contributed by atoms with van der Waals surface area (Å²) in [6, 6.07) is 67.1. The Kier molecular flexibility index (Phi) is 7.00. The van der Waals surface area contributed by atoms with E-state index in [0.29, 0.717) is 5.92 Å². The fourth-order valence-electron chi connectivity index (χ4n) is 10.2. The van der Waals surface area contributed by atoms with E-state index >= 15 is 0 Å². The summed E-state index contributed by atoms with van der Waals surface area (Å²) in [4.78, 5) is 2.47. The average molecular weight is 728 g/mol. The first-order valence-corrected chi connectivity index (χ1v) is 20.0. The normalized spacial score (nSPS) is 17.2. The van der Waals surface area contributed by atoms with Gasteiger partial charge in [0, 0.05) is 39.2 Å². The first kappa shape index (κ1) is 32.1. The van der Waals surface area contributed by atoms with Gasteiger partial charge in [-0.25, -0.2) is 0 Å². The maximum atomic E-state index is 6.79. The fraction of sp³-hybridized carbons (Fsp3) is 0.0545. The second-order valence-electron chi connectivity index (χ2n) is 15.5. The molecule has 0 saturated carbocycles. The Hall–Kier alpha value is -7.16. The van der Waals surface area contributed by atoms with Gasteiger partial charge >= 0.3 is 0 Å². The SMILES string of the molecule is C1=CCC(c2ccc(N(c3ccc(-c4ccccc4)cc3)c3cccc4c3-c3ccccc3C43c4ccccc4-c4c3ccc3c4oc4ccccc43)cc2)C=C1. The van der Waals surface area contributed by atoms with E-state index in [1.54, 1.807) is 0 Å². The lowest BCUT2D eigenvalue weighted by Crippen LogP contribution is -2.26. The van der Waals surface area contributed by atoms with Crippen LogP contribution in [0.25, 0.3) is 55.3 Å². The molecule has 1 heterocycles. The summed E-state index contributed by atoms with van der Waals surface area (Å²) in [7, 11) is 0. The van der Waals surface area contributed by atoms with Gasteiger partial charge in [0.25, 0.3) is 0 Å². The number of hydrogen-bond acceptors (Lipinski definition) is 2. The van der Waals surface area contributed by atoms with Gasteiger partial charge < -0.3 is 9.32 Å². The van der Waals surface area contributed by atoms with Gasteiger partial charge in [-0.05, 0) is 92.9 Å². The van der Waals surface area contributed by atoms with Crippen LogP contribution in [0.15, 0.2) is 211 Å². The van der Waals surface area contributed by atoms with E-state index in [1.165, 1.54) is 61.2 Å². The van der Waals surface area contributed by atoms with Crippen molar-refractivity contribution in [3.63, 3.8) is 0 Å². The van der Waals surface area contributed by atoms with Crippen molar-refractivity contribution in [3.8, 4) is 33.4 Å². The lowest BCUT2D eigenvalue weighted by molar-refractivity contribution is 0.669. The Morgan fingerprint density at radius 1 is 0.474 bits per heavy atom. The van der Waals surface area contributed by atoms with Gasteiger partial charge in [0.15, 0.2) is 0 Å². The van der Waals surface area contributed by atoms with Crippen molar-refractivity contribution in [1.82, 2.24) is 0 Å². The Bertz CT molecular complexity index is 3090. The van der Waals surface area contributed by atoms with Crippen molar-refractivity contribution < 1.29 is 4.42 Å².